The zero-order valence-corrected chi connectivity index (χ0v) is 18.8. The van der Waals surface area contributed by atoms with Crippen LogP contribution in [0.3, 0.4) is 0 Å². The first-order valence-corrected chi connectivity index (χ1v) is 12.0. The number of thioether (sulfide) groups is 1. The van der Waals surface area contributed by atoms with E-state index in [1.54, 1.807) is 0 Å². The molecule has 0 N–H and O–H groups in total. The number of hydrogen-bond acceptors (Lipinski definition) is 7. The van der Waals surface area contributed by atoms with Gasteiger partial charge in [-0.1, -0.05) is 48.3 Å². The normalized spacial score (nSPS) is 15.2. The third-order valence-electron chi connectivity index (χ3n) is 5.15. The van der Waals surface area contributed by atoms with Gasteiger partial charge in [-0.05, 0) is 31.9 Å². The molecule has 0 aliphatic heterocycles. The third-order valence-corrected chi connectivity index (χ3v) is 7.47. The van der Waals surface area contributed by atoms with Crippen LogP contribution in [-0.4, -0.2) is 31.3 Å². The molecule has 4 rings (SSSR count). The van der Waals surface area contributed by atoms with Crippen molar-refractivity contribution in [1.82, 2.24) is 19.7 Å². The monoisotopic (exact) mass is 457 g/mol. The molecule has 30 heavy (non-hydrogen) atoms. The van der Waals surface area contributed by atoms with Gasteiger partial charge in [0.1, 0.15) is 5.01 Å². The number of aryl methyl sites for hydroxylation is 1. The zero-order valence-electron chi connectivity index (χ0n) is 16.4. The Morgan fingerprint density at radius 3 is 2.80 bits per heavy atom. The molecule has 1 aromatic carbocycles. The van der Waals surface area contributed by atoms with Gasteiger partial charge in [-0.15, -0.1) is 21.5 Å². The molecule has 154 valence electrons. The summed E-state index contributed by atoms with van der Waals surface area (Å²) in [7, 11) is 0. The number of carbonyl (C=O) groups excluding carboxylic acids is 1. The molecule has 3 aromatic rings. The molecule has 1 fully saturated rings. The lowest BCUT2D eigenvalue weighted by Gasteiger charge is -2.17. The zero-order chi connectivity index (χ0) is 21.1. The number of ketones is 1. The number of benzene rings is 1. The quantitative estimate of drug-likeness (QED) is 0.439. The fraction of sp³-hybridized carbons (Fsp3) is 0.381. The molecule has 1 aliphatic carbocycles. The Labute approximate surface area is 188 Å². The molecule has 2 aromatic heterocycles. The fourth-order valence-corrected chi connectivity index (χ4v) is 5.67. The molecule has 1 atom stereocenters. The summed E-state index contributed by atoms with van der Waals surface area (Å²) in [4.78, 5) is 17.1. The van der Waals surface area contributed by atoms with Crippen LogP contribution in [0.2, 0.25) is 5.02 Å². The number of thiazole rings is 1. The number of hydrogen-bond donors (Lipinski definition) is 0. The molecule has 0 amide bonds. The summed E-state index contributed by atoms with van der Waals surface area (Å²) in [5, 5.41) is 22.0. The van der Waals surface area contributed by atoms with Crippen molar-refractivity contribution >= 4 is 40.5 Å². The lowest BCUT2D eigenvalue weighted by molar-refractivity contribution is -0.116. The Hall–Kier alpha value is -2.21. The van der Waals surface area contributed by atoms with E-state index in [4.69, 9.17) is 11.6 Å². The molecule has 2 heterocycles. The van der Waals surface area contributed by atoms with E-state index in [2.05, 4.69) is 25.8 Å². The van der Waals surface area contributed by atoms with Crippen molar-refractivity contribution in [3.05, 3.63) is 45.4 Å². The van der Waals surface area contributed by atoms with Gasteiger partial charge in [-0.25, -0.2) is 4.98 Å². The second-order valence-electron chi connectivity index (χ2n) is 7.24. The molecule has 1 aliphatic rings. The van der Waals surface area contributed by atoms with Crippen molar-refractivity contribution in [2.75, 3.05) is 5.75 Å². The van der Waals surface area contributed by atoms with Crippen LogP contribution in [0, 0.1) is 18.3 Å². The molecule has 1 unspecified atom stereocenters. The summed E-state index contributed by atoms with van der Waals surface area (Å²) in [5.74, 6) is -0.140. The molecule has 0 radical (unpaired) electrons. The summed E-state index contributed by atoms with van der Waals surface area (Å²) < 4.78 is 2.13. The number of aromatic nitrogens is 4. The summed E-state index contributed by atoms with van der Waals surface area (Å²) in [5.41, 5.74) is 1.66. The molecular formula is C21H20ClN5OS2. The number of nitrogens with zero attached hydrogens (tertiary/aromatic N) is 5. The van der Waals surface area contributed by atoms with Crippen molar-refractivity contribution in [3.8, 4) is 17.5 Å². The van der Waals surface area contributed by atoms with E-state index in [-0.39, 0.29) is 17.6 Å². The molecule has 0 bridgehead atoms. The van der Waals surface area contributed by atoms with Crippen molar-refractivity contribution in [3.63, 3.8) is 0 Å². The van der Waals surface area contributed by atoms with Gasteiger partial charge >= 0.3 is 0 Å². The van der Waals surface area contributed by atoms with Crippen LogP contribution in [0.4, 0.5) is 0 Å². The summed E-state index contributed by atoms with van der Waals surface area (Å²) >= 11 is 9.10. The van der Waals surface area contributed by atoms with Crippen molar-refractivity contribution in [2.45, 2.75) is 49.7 Å². The number of Topliss-reactive ketones (excluding diaryl/α,β-unsaturated/α-hetero) is 1. The van der Waals surface area contributed by atoms with E-state index in [1.165, 1.54) is 23.1 Å². The highest BCUT2D eigenvalue weighted by Gasteiger charge is 2.28. The van der Waals surface area contributed by atoms with Gasteiger partial charge in [0.25, 0.3) is 0 Å². The standard InChI is InChI=1S/C21H20ClN5OS2/c1-13-11-29-20(24-13)16(10-23)18(28)12-30-21-26-25-19(15-8-4-5-9-17(15)22)27(21)14-6-2-3-7-14/h4-5,8-9,11,14,16H,2-3,6-7,12H2,1H3. The van der Waals surface area contributed by atoms with Gasteiger partial charge in [0.2, 0.25) is 0 Å². The summed E-state index contributed by atoms with van der Waals surface area (Å²) in [6, 6.07) is 9.99. The largest absolute Gasteiger partial charge is 0.299 e. The topological polar surface area (TPSA) is 84.5 Å². The first-order chi connectivity index (χ1) is 14.6. The van der Waals surface area contributed by atoms with Crippen molar-refractivity contribution in [2.24, 2.45) is 0 Å². The van der Waals surface area contributed by atoms with Gasteiger partial charge in [0.05, 0.1) is 16.8 Å². The molecule has 0 saturated heterocycles. The number of halogens is 1. The molecule has 0 spiro atoms. The maximum atomic E-state index is 12.8. The average molecular weight is 458 g/mol. The maximum absolute atomic E-state index is 12.8. The fourth-order valence-electron chi connectivity index (χ4n) is 3.68. The number of rotatable bonds is 7. The Kier molecular flexibility index (Phi) is 6.52. The van der Waals surface area contributed by atoms with Crippen molar-refractivity contribution in [1.29, 1.82) is 5.26 Å². The van der Waals surface area contributed by atoms with Crippen LogP contribution in [0.25, 0.3) is 11.4 Å². The molecule has 6 nitrogen and oxygen atoms in total. The smallest absolute Gasteiger partial charge is 0.192 e. The number of nitriles is 1. The van der Waals surface area contributed by atoms with Gasteiger partial charge in [-0.3, -0.25) is 9.36 Å². The van der Waals surface area contributed by atoms with Crippen LogP contribution in [0.1, 0.15) is 48.3 Å². The first kappa shape index (κ1) is 21.0. The van der Waals surface area contributed by atoms with E-state index in [1.807, 2.05) is 36.6 Å². The average Bonchev–Trinajstić information content (AvgIpc) is 3.48. The second-order valence-corrected chi connectivity index (χ2v) is 9.48. The van der Waals surface area contributed by atoms with E-state index in [0.29, 0.717) is 15.2 Å². The van der Waals surface area contributed by atoms with E-state index in [9.17, 15) is 10.1 Å². The van der Waals surface area contributed by atoms with Gasteiger partial charge in [0, 0.05) is 22.7 Å². The van der Waals surface area contributed by atoms with Gasteiger partial charge in [0.15, 0.2) is 22.7 Å². The highest BCUT2D eigenvalue weighted by atomic mass is 35.5. The minimum Gasteiger partial charge on any atom is -0.299 e. The Morgan fingerprint density at radius 1 is 1.37 bits per heavy atom. The maximum Gasteiger partial charge on any atom is 0.192 e. The predicted octanol–water partition coefficient (Wildman–Crippen LogP) is 5.45. The van der Waals surface area contributed by atoms with Gasteiger partial charge < -0.3 is 0 Å². The van der Waals surface area contributed by atoms with Crippen molar-refractivity contribution < 1.29 is 4.79 Å². The Balaban J connectivity index is 1.59. The lowest BCUT2D eigenvalue weighted by atomic mass is 10.1. The van der Waals surface area contributed by atoms with Crippen LogP contribution >= 0.6 is 34.7 Å². The van der Waals surface area contributed by atoms with Crippen LogP contribution < -0.4 is 0 Å². The lowest BCUT2D eigenvalue weighted by Crippen LogP contribution is -2.14. The highest BCUT2D eigenvalue weighted by Crippen LogP contribution is 2.38. The third kappa shape index (κ3) is 4.29. The Morgan fingerprint density at radius 2 is 2.13 bits per heavy atom. The molecule has 1 saturated carbocycles. The van der Waals surface area contributed by atoms with Crippen LogP contribution in [-0.2, 0) is 4.79 Å². The van der Waals surface area contributed by atoms with E-state index >= 15 is 0 Å². The minimum absolute atomic E-state index is 0.143. The highest BCUT2D eigenvalue weighted by molar-refractivity contribution is 7.99. The minimum atomic E-state index is -0.845. The van der Waals surface area contributed by atoms with E-state index < -0.39 is 5.92 Å². The first-order valence-electron chi connectivity index (χ1n) is 9.75. The predicted molar refractivity (Wildman–Crippen MR) is 119 cm³/mol. The SMILES string of the molecule is Cc1csc(C(C#N)C(=O)CSc2nnc(-c3ccccc3Cl)n2C2CCCC2)n1. The summed E-state index contributed by atoms with van der Waals surface area (Å²) in [6.45, 7) is 1.86. The van der Waals surface area contributed by atoms with Gasteiger partial charge in [-0.2, -0.15) is 5.26 Å². The Bertz CT molecular complexity index is 1100. The van der Waals surface area contributed by atoms with E-state index in [0.717, 1.165) is 42.8 Å². The summed E-state index contributed by atoms with van der Waals surface area (Å²) in [6.07, 6.45) is 4.42. The molecular weight excluding hydrogens is 438 g/mol. The molecule has 9 heteroatoms. The second kappa shape index (κ2) is 9.29. The number of carbonyl (C=O) groups is 1. The van der Waals surface area contributed by atoms with Crippen LogP contribution in [0.5, 0.6) is 0 Å². The van der Waals surface area contributed by atoms with Crippen LogP contribution in [0.15, 0.2) is 34.8 Å².